The van der Waals surface area contributed by atoms with Crippen LogP contribution >= 0.6 is 11.3 Å². The second-order valence-corrected chi connectivity index (χ2v) is 8.24. The molecule has 1 fully saturated rings. The highest BCUT2D eigenvalue weighted by molar-refractivity contribution is 7.12. The van der Waals surface area contributed by atoms with Gasteiger partial charge in [-0.05, 0) is 54.6 Å². The van der Waals surface area contributed by atoms with Crippen LogP contribution in [0.5, 0.6) is 0 Å². The van der Waals surface area contributed by atoms with Crippen molar-refractivity contribution in [1.29, 1.82) is 0 Å². The Labute approximate surface area is 187 Å². The summed E-state index contributed by atoms with van der Waals surface area (Å²) in [7, 11) is 1.30. The average molecular weight is 456 g/mol. The fraction of sp³-hybridized carbons (Fsp3) is 0.273. The first-order valence-electron chi connectivity index (χ1n) is 10.0. The second-order valence-electron chi connectivity index (χ2n) is 7.32. The van der Waals surface area contributed by atoms with Crippen LogP contribution in [0.15, 0.2) is 52.6 Å². The quantitative estimate of drug-likeness (QED) is 0.593. The third kappa shape index (κ3) is 4.54. The van der Waals surface area contributed by atoms with Crippen LogP contribution in [-0.4, -0.2) is 41.9 Å². The smallest absolute Gasteiger partial charge is 0.350 e. The van der Waals surface area contributed by atoms with Gasteiger partial charge in [-0.25, -0.2) is 9.18 Å². The van der Waals surface area contributed by atoms with Gasteiger partial charge in [-0.1, -0.05) is 0 Å². The van der Waals surface area contributed by atoms with Crippen molar-refractivity contribution in [1.82, 2.24) is 9.78 Å². The average Bonchev–Trinajstić information content (AvgIpc) is 3.28. The Morgan fingerprint density at radius 2 is 1.84 bits per heavy atom. The molecule has 1 aliphatic heterocycles. The number of hydrogen-bond donors (Lipinski definition) is 1. The molecule has 32 heavy (non-hydrogen) atoms. The Kier molecular flexibility index (Phi) is 6.31. The maximum Gasteiger partial charge on any atom is 0.350 e. The minimum atomic E-state index is -0.479. The van der Waals surface area contributed by atoms with E-state index >= 15 is 0 Å². The maximum atomic E-state index is 13.2. The zero-order chi connectivity index (χ0) is 22.7. The van der Waals surface area contributed by atoms with Gasteiger partial charge in [0, 0.05) is 25.1 Å². The van der Waals surface area contributed by atoms with Gasteiger partial charge in [0.15, 0.2) is 0 Å². The van der Waals surface area contributed by atoms with E-state index in [2.05, 4.69) is 10.4 Å². The van der Waals surface area contributed by atoms with Gasteiger partial charge >= 0.3 is 5.97 Å². The molecule has 0 saturated carbocycles. The number of methoxy groups -OCH3 is 1. The van der Waals surface area contributed by atoms with Gasteiger partial charge in [-0.15, -0.1) is 16.4 Å². The van der Waals surface area contributed by atoms with E-state index in [1.165, 1.54) is 53.5 Å². The molecule has 1 aromatic carbocycles. The molecular weight excluding hydrogens is 435 g/mol. The molecule has 1 aliphatic rings. The molecular formula is C22H21FN4O4S. The number of halogens is 1. The van der Waals surface area contributed by atoms with E-state index in [0.29, 0.717) is 48.0 Å². The zero-order valence-corrected chi connectivity index (χ0v) is 18.1. The van der Waals surface area contributed by atoms with Gasteiger partial charge in [0.2, 0.25) is 5.91 Å². The first-order chi connectivity index (χ1) is 15.5. The van der Waals surface area contributed by atoms with Gasteiger partial charge in [-0.2, -0.15) is 4.68 Å². The number of aromatic nitrogens is 2. The Bertz CT molecular complexity index is 1180. The number of anilines is 2. The number of esters is 1. The fourth-order valence-electron chi connectivity index (χ4n) is 3.60. The van der Waals surface area contributed by atoms with E-state index in [1.807, 2.05) is 4.90 Å². The van der Waals surface area contributed by atoms with Crippen molar-refractivity contribution >= 4 is 34.7 Å². The highest BCUT2D eigenvalue weighted by Gasteiger charge is 2.27. The molecule has 1 N–H and O–H groups in total. The van der Waals surface area contributed by atoms with Crippen molar-refractivity contribution in [2.75, 3.05) is 30.4 Å². The Morgan fingerprint density at radius 3 is 2.53 bits per heavy atom. The largest absolute Gasteiger partial charge is 0.465 e. The molecule has 8 nitrogen and oxygen atoms in total. The Hall–Kier alpha value is -3.53. The number of benzene rings is 1. The predicted octanol–water partition coefficient (Wildman–Crippen LogP) is 3.07. The second kappa shape index (κ2) is 9.31. The van der Waals surface area contributed by atoms with Gasteiger partial charge in [-0.3, -0.25) is 9.59 Å². The molecule has 0 unspecified atom stereocenters. The lowest BCUT2D eigenvalue weighted by Gasteiger charge is -2.32. The zero-order valence-electron chi connectivity index (χ0n) is 17.3. The van der Waals surface area contributed by atoms with Crippen molar-refractivity contribution in [2.24, 2.45) is 5.92 Å². The lowest BCUT2D eigenvalue weighted by atomic mass is 9.96. The first kappa shape index (κ1) is 21.7. The standard InChI is InChI=1S/C22H21FN4O4S/c1-31-22(30)20-17(10-13-32-20)24-21(29)14-8-11-26(12-9-14)18-6-7-19(28)27(25-18)16-4-2-15(23)3-5-16/h2-7,10,13-14H,8-9,11-12H2,1H3,(H,24,29). The van der Waals surface area contributed by atoms with E-state index in [9.17, 15) is 18.8 Å². The Morgan fingerprint density at radius 1 is 1.12 bits per heavy atom. The van der Waals surface area contributed by atoms with Gasteiger partial charge in [0.1, 0.15) is 16.5 Å². The highest BCUT2D eigenvalue weighted by Crippen LogP contribution is 2.26. The van der Waals surface area contributed by atoms with Crippen LogP contribution in [0.1, 0.15) is 22.5 Å². The molecule has 0 spiro atoms. The molecule has 166 valence electrons. The SMILES string of the molecule is COC(=O)c1sccc1NC(=O)C1CCN(c2ccc(=O)n(-c3ccc(F)cc3)n2)CC1. The summed E-state index contributed by atoms with van der Waals surface area (Å²) < 4.78 is 19.2. The molecule has 1 amide bonds. The van der Waals surface area contributed by atoms with E-state index in [0.717, 1.165) is 0 Å². The summed E-state index contributed by atoms with van der Waals surface area (Å²) in [5.74, 6) is -0.609. The number of nitrogens with zero attached hydrogens (tertiary/aromatic N) is 3. The summed E-state index contributed by atoms with van der Waals surface area (Å²) in [4.78, 5) is 39.1. The lowest BCUT2D eigenvalue weighted by molar-refractivity contribution is -0.120. The van der Waals surface area contributed by atoms with Crippen molar-refractivity contribution in [3.63, 3.8) is 0 Å². The van der Waals surface area contributed by atoms with E-state index in [4.69, 9.17) is 4.74 Å². The van der Waals surface area contributed by atoms with Crippen LogP contribution in [0.4, 0.5) is 15.9 Å². The number of carbonyl (C=O) groups excluding carboxylic acids is 2. The minimum Gasteiger partial charge on any atom is -0.465 e. The summed E-state index contributed by atoms with van der Waals surface area (Å²) in [6.07, 6.45) is 1.20. The lowest BCUT2D eigenvalue weighted by Crippen LogP contribution is -2.39. The number of nitrogens with one attached hydrogen (secondary N) is 1. The molecule has 2 aromatic heterocycles. The fourth-order valence-corrected chi connectivity index (χ4v) is 4.37. The highest BCUT2D eigenvalue weighted by atomic mass is 32.1. The molecule has 0 atom stereocenters. The molecule has 10 heteroatoms. The number of rotatable bonds is 5. The van der Waals surface area contributed by atoms with Crippen molar-refractivity contribution in [2.45, 2.75) is 12.8 Å². The predicted molar refractivity (Wildman–Crippen MR) is 119 cm³/mol. The van der Waals surface area contributed by atoms with Crippen molar-refractivity contribution < 1.29 is 18.7 Å². The molecule has 0 aliphatic carbocycles. The Balaban J connectivity index is 1.42. The number of thiophene rings is 1. The number of carbonyl (C=O) groups is 2. The van der Waals surface area contributed by atoms with E-state index < -0.39 is 5.97 Å². The van der Waals surface area contributed by atoms with Crippen LogP contribution in [0, 0.1) is 11.7 Å². The molecule has 3 aromatic rings. The summed E-state index contributed by atoms with van der Waals surface area (Å²) in [6, 6.07) is 10.3. The molecule has 0 radical (unpaired) electrons. The monoisotopic (exact) mass is 456 g/mol. The summed E-state index contributed by atoms with van der Waals surface area (Å²) >= 11 is 1.22. The van der Waals surface area contributed by atoms with Crippen LogP contribution in [0.2, 0.25) is 0 Å². The molecule has 4 rings (SSSR count). The third-order valence-corrected chi connectivity index (χ3v) is 6.24. The minimum absolute atomic E-state index is 0.141. The van der Waals surface area contributed by atoms with Gasteiger partial charge in [0.05, 0.1) is 18.5 Å². The summed E-state index contributed by atoms with van der Waals surface area (Å²) in [5, 5.41) is 8.99. The summed E-state index contributed by atoms with van der Waals surface area (Å²) in [6.45, 7) is 1.17. The van der Waals surface area contributed by atoms with Crippen LogP contribution in [0.3, 0.4) is 0 Å². The topological polar surface area (TPSA) is 93.5 Å². The van der Waals surface area contributed by atoms with Crippen LogP contribution < -0.4 is 15.8 Å². The molecule has 3 heterocycles. The number of piperidine rings is 1. The molecule has 1 saturated heterocycles. The van der Waals surface area contributed by atoms with Gasteiger partial charge in [0.25, 0.3) is 5.56 Å². The first-order valence-corrected chi connectivity index (χ1v) is 10.9. The van der Waals surface area contributed by atoms with Crippen LogP contribution in [-0.2, 0) is 9.53 Å². The van der Waals surface area contributed by atoms with Crippen LogP contribution in [0.25, 0.3) is 5.69 Å². The van der Waals surface area contributed by atoms with Gasteiger partial charge < -0.3 is 15.0 Å². The molecule has 0 bridgehead atoms. The normalized spacial score (nSPS) is 14.2. The number of hydrogen-bond acceptors (Lipinski definition) is 7. The number of amides is 1. The van der Waals surface area contributed by atoms with Crippen molar-refractivity contribution in [3.05, 3.63) is 68.9 Å². The summed E-state index contributed by atoms with van der Waals surface area (Å²) in [5.41, 5.74) is 0.624. The van der Waals surface area contributed by atoms with E-state index in [1.54, 1.807) is 17.5 Å². The third-order valence-electron chi connectivity index (χ3n) is 5.34. The number of ether oxygens (including phenoxy) is 1. The van der Waals surface area contributed by atoms with E-state index in [-0.39, 0.29) is 23.2 Å². The maximum absolute atomic E-state index is 13.2. The van der Waals surface area contributed by atoms with Crippen molar-refractivity contribution in [3.8, 4) is 5.69 Å².